The molecule has 114 valence electrons. The summed E-state index contributed by atoms with van der Waals surface area (Å²) in [5.74, 6) is -0.0135. The number of aryl methyl sites for hydroxylation is 1. The van der Waals surface area contributed by atoms with Gasteiger partial charge in [-0.2, -0.15) is 0 Å². The third-order valence-electron chi connectivity index (χ3n) is 3.69. The molecule has 0 bridgehead atoms. The van der Waals surface area contributed by atoms with E-state index in [1.807, 2.05) is 11.0 Å². The Morgan fingerprint density at radius 3 is 2.52 bits per heavy atom. The summed E-state index contributed by atoms with van der Waals surface area (Å²) in [6.07, 6.45) is 0.959. The van der Waals surface area contributed by atoms with E-state index in [1.165, 1.54) is 12.1 Å². The number of amides is 1. The Morgan fingerprint density at radius 2 is 1.90 bits per heavy atom. The lowest BCUT2D eigenvalue weighted by atomic mass is 10.1. The lowest BCUT2D eigenvalue weighted by Gasteiger charge is -2.34. The number of Topliss-reactive ketones (excluding diaryl/α,β-unsaturated/α-hetero) is 1. The molecule has 5 heteroatoms. The van der Waals surface area contributed by atoms with E-state index in [1.54, 1.807) is 13.0 Å². The van der Waals surface area contributed by atoms with E-state index < -0.39 is 0 Å². The molecule has 1 aromatic rings. The zero-order chi connectivity index (χ0) is 15.2. The minimum Gasteiger partial charge on any atom is -0.340 e. The van der Waals surface area contributed by atoms with Crippen molar-refractivity contribution in [3.63, 3.8) is 0 Å². The Balaban J connectivity index is 1.76. The Bertz CT molecular complexity index is 511. The molecule has 0 aromatic heterocycles. The highest BCUT2D eigenvalue weighted by Gasteiger charge is 2.21. The molecule has 1 aliphatic rings. The minimum atomic E-state index is -0.266. The molecule has 0 unspecified atom stereocenters. The molecule has 0 N–H and O–H groups in total. The molecule has 1 saturated heterocycles. The maximum Gasteiger partial charge on any atom is 0.222 e. The fourth-order valence-corrected chi connectivity index (χ4v) is 2.57. The van der Waals surface area contributed by atoms with Crippen molar-refractivity contribution >= 4 is 11.7 Å². The summed E-state index contributed by atoms with van der Waals surface area (Å²) in [6.45, 7) is 4.85. The Morgan fingerprint density at radius 1 is 1.19 bits per heavy atom. The highest BCUT2D eigenvalue weighted by atomic mass is 19.1. The van der Waals surface area contributed by atoms with Crippen LogP contribution in [-0.2, 0) is 16.0 Å². The van der Waals surface area contributed by atoms with E-state index in [-0.39, 0.29) is 17.5 Å². The summed E-state index contributed by atoms with van der Waals surface area (Å²) in [6, 6.07) is 6.37. The molecule has 0 radical (unpaired) electrons. The largest absolute Gasteiger partial charge is 0.340 e. The Labute approximate surface area is 124 Å². The van der Waals surface area contributed by atoms with Crippen LogP contribution in [0.25, 0.3) is 0 Å². The lowest BCUT2D eigenvalue weighted by molar-refractivity contribution is -0.133. The van der Waals surface area contributed by atoms with E-state index in [4.69, 9.17) is 0 Å². The van der Waals surface area contributed by atoms with Crippen LogP contribution in [0.1, 0.15) is 18.9 Å². The third kappa shape index (κ3) is 4.93. The van der Waals surface area contributed by atoms with Crippen molar-refractivity contribution in [2.45, 2.75) is 19.8 Å². The quantitative estimate of drug-likeness (QED) is 0.825. The zero-order valence-corrected chi connectivity index (χ0v) is 12.3. The molecule has 1 aromatic carbocycles. The molecule has 4 nitrogen and oxygen atoms in total. The smallest absolute Gasteiger partial charge is 0.222 e. The van der Waals surface area contributed by atoms with Crippen molar-refractivity contribution in [2.24, 2.45) is 0 Å². The number of ketones is 1. The standard InChI is InChI=1S/C16H21FN2O2/c1-13(20)12-18-7-9-19(10-8-18)16(21)6-5-14-3-2-4-15(17)11-14/h2-4,11H,5-10,12H2,1H3. The van der Waals surface area contributed by atoms with Gasteiger partial charge in [0.15, 0.2) is 0 Å². The minimum absolute atomic E-state index is 0.0988. The van der Waals surface area contributed by atoms with E-state index in [2.05, 4.69) is 4.90 Å². The average molecular weight is 292 g/mol. The van der Waals surface area contributed by atoms with Gasteiger partial charge in [0.1, 0.15) is 11.6 Å². The molecule has 2 rings (SSSR count). The number of halogens is 1. The first-order chi connectivity index (χ1) is 10.0. The van der Waals surface area contributed by atoms with Gasteiger partial charge in [-0.25, -0.2) is 4.39 Å². The molecule has 0 saturated carbocycles. The molecule has 1 heterocycles. The maximum atomic E-state index is 13.1. The van der Waals surface area contributed by atoms with Crippen LogP contribution in [0.2, 0.25) is 0 Å². The summed E-state index contributed by atoms with van der Waals surface area (Å²) in [5.41, 5.74) is 0.846. The molecule has 1 fully saturated rings. The van der Waals surface area contributed by atoms with Gasteiger partial charge in [0, 0.05) is 32.6 Å². The molecule has 21 heavy (non-hydrogen) atoms. The monoisotopic (exact) mass is 292 g/mol. The molecule has 0 spiro atoms. The molecule has 0 atom stereocenters. The molecule has 1 amide bonds. The van der Waals surface area contributed by atoms with Crippen LogP contribution in [0.15, 0.2) is 24.3 Å². The van der Waals surface area contributed by atoms with E-state index in [0.29, 0.717) is 32.5 Å². The van der Waals surface area contributed by atoms with Crippen LogP contribution in [0.3, 0.4) is 0 Å². The number of carbonyl (C=O) groups is 2. The number of hydrogen-bond donors (Lipinski definition) is 0. The predicted molar refractivity (Wildman–Crippen MR) is 78.4 cm³/mol. The number of carbonyl (C=O) groups excluding carboxylic acids is 2. The van der Waals surface area contributed by atoms with E-state index in [9.17, 15) is 14.0 Å². The summed E-state index contributed by atoms with van der Waals surface area (Å²) in [7, 11) is 0. The van der Waals surface area contributed by atoms with Gasteiger partial charge in [-0.1, -0.05) is 12.1 Å². The predicted octanol–water partition coefficient (Wildman–Crippen LogP) is 1.49. The van der Waals surface area contributed by atoms with Crippen molar-refractivity contribution in [2.75, 3.05) is 32.7 Å². The normalized spacial score (nSPS) is 16.0. The topological polar surface area (TPSA) is 40.6 Å². The van der Waals surface area contributed by atoms with Crippen molar-refractivity contribution < 1.29 is 14.0 Å². The van der Waals surface area contributed by atoms with Crippen LogP contribution in [0.5, 0.6) is 0 Å². The number of benzene rings is 1. The second kappa shape index (κ2) is 7.31. The number of nitrogens with zero attached hydrogens (tertiary/aromatic N) is 2. The van der Waals surface area contributed by atoms with Gasteiger partial charge in [-0.05, 0) is 31.0 Å². The second-order valence-electron chi connectivity index (χ2n) is 5.49. The second-order valence-corrected chi connectivity index (χ2v) is 5.49. The van der Waals surface area contributed by atoms with E-state index >= 15 is 0 Å². The highest BCUT2D eigenvalue weighted by molar-refractivity contribution is 5.78. The third-order valence-corrected chi connectivity index (χ3v) is 3.69. The SMILES string of the molecule is CC(=O)CN1CCN(C(=O)CCc2cccc(F)c2)CC1. The number of piperazine rings is 1. The van der Waals surface area contributed by atoms with Crippen LogP contribution in [0.4, 0.5) is 4.39 Å². The lowest BCUT2D eigenvalue weighted by Crippen LogP contribution is -2.49. The first kappa shape index (κ1) is 15.6. The summed E-state index contributed by atoms with van der Waals surface area (Å²) < 4.78 is 13.1. The van der Waals surface area contributed by atoms with Crippen LogP contribution < -0.4 is 0 Å². The first-order valence-corrected chi connectivity index (χ1v) is 7.28. The molecule has 1 aliphatic heterocycles. The summed E-state index contributed by atoms with van der Waals surface area (Å²) in [5, 5.41) is 0. The number of rotatable bonds is 5. The highest BCUT2D eigenvalue weighted by Crippen LogP contribution is 2.09. The fourth-order valence-electron chi connectivity index (χ4n) is 2.57. The fraction of sp³-hybridized carbons (Fsp3) is 0.500. The van der Waals surface area contributed by atoms with Gasteiger partial charge in [0.25, 0.3) is 0 Å². The van der Waals surface area contributed by atoms with Gasteiger partial charge in [-0.15, -0.1) is 0 Å². The molecular weight excluding hydrogens is 271 g/mol. The van der Waals surface area contributed by atoms with Crippen LogP contribution in [0, 0.1) is 5.82 Å². The molecular formula is C16H21FN2O2. The molecule has 0 aliphatic carbocycles. The van der Waals surface area contributed by atoms with Gasteiger partial charge in [-0.3, -0.25) is 14.5 Å². The Kier molecular flexibility index (Phi) is 5.44. The zero-order valence-electron chi connectivity index (χ0n) is 12.3. The van der Waals surface area contributed by atoms with Crippen molar-refractivity contribution in [1.29, 1.82) is 0 Å². The Hall–Kier alpha value is -1.75. The van der Waals surface area contributed by atoms with Crippen molar-refractivity contribution in [3.8, 4) is 0 Å². The summed E-state index contributed by atoms with van der Waals surface area (Å²) >= 11 is 0. The van der Waals surface area contributed by atoms with Crippen molar-refractivity contribution in [1.82, 2.24) is 9.80 Å². The van der Waals surface area contributed by atoms with Gasteiger partial charge in [0.2, 0.25) is 5.91 Å². The maximum absolute atomic E-state index is 13.1. The van der Waals surface area contributed by atoms with Gasteiger partial charge in [0.05, 0.1) is 6.54 Å². The van der Waals surface area contributed by atoms with E-state index in [0.717, 1.165) is 18.7 Å². The van der Waals surface area contributed by atoms with Crippen molar-refractivity contribution in [3.05, 3.63) is 35.6 Å². The van der Waals surface area contributed by atoms with Gasteiger partial charge >= 0.3 is 0 Å². The average Bonchev–Trinajstić information content (AvgIpc) is 2.45. The van der Waals surface area contributed by atoms with Gasteiger partial charge < -0.3 is 4.90 Å². The van der Waals surface area contributed by atoms with Crippen LogP contribution in [-0.4, -0.2) is 54.2 Å². The number of hydrogen-bond acceptors (Lipinski definition) is 3. The van der Waals surface area contributed by atoms with Crippen LogP contribution >= 0.6 is 0 Å². The first-order valence-electron chi connectivity index (χ1n) is 7.28. The summed E-state index contributed by atoms with van der Waals surface area (Å²) in [4.78, 5) is 27.1.